The number of fused-ring (bicyclic) bond motifs is 1. The van der Waals surface area contributed by atoms with Crippen LogP contribution in [0.15, 0.2) is 48.5 Å². The Balaban J connectivity index is 1.59. The highest BCUT2D eigenvalue weighted by molar-refractivity contribution is 5.86. The summed E-state index contributed by atoms with van der Waals surface area (Å²) in [6.45, 7) is 0.209. The van der Waals surface area contributed by atoms with Crippen molar-refractivity contribution in [2.45, 2.75) is 24.7 Å². The number of benzene rings is 2. The predicted octanol–water partition coefficient (Wildman–Crippen LogP) is 3.44. The van der Waals surface area contributed by atoms with Crippen LogP contribution < -0.4 is 14.2 Å². The second-order valence-corrected chi connectivity index (χ2v) is 5.71. The monoisotopic (exact) mass is 296 g/mol. The van der Waals surface area contributed by atoms with Crippen LogP contribution in [0.25, 0.3) is 0 Å². The van der Waals surface area contributed by atoms with Gasteiger partial charge in [-0.2, -0.15) is 0 Å². The SMILES string of the molecule is O=C(Oc1ccc2c(c1)OCO2)C1(c2ccccc2)CCC1. The van der Waals surface area contributed by atoms with Crippen LogP contribution in [0, 0.1) is 0 Å². The van der Waals surface area contributed by atoms with Crippen LogP contribution >= 0.6 is 0 Å². The number of carbonyl (C=O) groups is 1. The Labute approximate surface area is 128 Å². The fourth-order valence-corrected chi connectivity index (χ4v) is 3.04. The molecule has 2 aromatic carbocycles. The Morgan fingerprint density at radius 2 is 1.77 bits per heavy atom. The topological polar surface area (TPSA) is 44.8 Å². The molecule has 1 saturated carbocycles. The van der Waals surface area contributed by atoms with Crippen molar-refractivity contribution in [3.63, 3.8) is 0 Å². The van der Waals surface area contributed by atoms with E-state index in [0.29, 0.717) is 17.2 Å². The van der Waals surface area contributed by atoms with Gasteiger partial charge < -0.3 is 14.2 Å². The number of ether oxygens (including phenoxy) is 3. The van der Waals surface area contributed by atoms with Crippen molar-refractivity contribution in [1.29, 1.82) is 0 Å². The van der Waals surface area contributed by atoms with Crippen LogP contribution in [0.1, 0.15) is 24.8 Å². The van der Waals surface area contributed by atoms with E-state index >= 15 is 0 Å². The molecule has 0 unspecified atom stereocenters. The minimum Gasteiger partial charge on any atom is -0.454 e. The van der Waals surface area contributed by atoms with Gasteiger partial charge >= 0.3 is 5.97 Å². The first-order valence-electron chi connectivity index (χ1n) is 7.45. The van der Waals surface area contributed by atoms with Gasteiger partial charge in [-0.25, -0.2) is 0 Å². The van der Waals surface area contributed by atoms with E-state index in [9.17, 15) is 4.79 Å². The van der Waals surface area contributed by atoms with Crippen molar-refractivity contribution >= 4 is 5.97 Å². The molecule has 0 N–H and O–H groups in total. The first-order valence-corrected chi connectivity index (χ1v) is 7.45. The van der Waals surface area contributed by atoms with Crippen LogP contribution in [-0.4, -0.2) is 12.8 Å². The Kier molecular flexibility index (Phi) is 3.03. The third kappa shape index (κ3) is 2.03. The summed E-state index contributed by atoms with van der Waals surface area (Å²) in [5.74, 6) is 1.61. The second-order valence-electron chi connectivity index (χ2n) is 5.71. The van der Waals surface area contributed by atoms with Gasteiger partial charge in [0.2, 0.25) is 6.79 Å². The molecule has 4 heteroatoms. The van der Waals surface area contributed by atoms with E-state index in [1.54, 1.807) is 18.2 Å². The van der Waals surface area contributed by atoms with Crippen LogP contribution in [0.5, 0.6) is 17.2 Å². The number of esters is 1. The highest BCUT2D eigenvalue weighted by Crippen LogP contribution is 2.45. The van der Waals surface area contributed by atoms with Crippen molar-refractivity contribution in [3.05, 3.63) is 54.1 Å². The van der Waals surface area contributed by atoms with Gasteiger partial charge in [-0.15, -0.1) is 0 Å². The lowest BCUT2D eigenvalue weighted by molar-refractivity contribution is -0.144. The summed E-state index contributed by atoms with van der Waals surface area (Å²) in [4.78, 5) is 12.7. The largest absolute Gasteiger partial charge is 0.454 e. The molecule has 0 bridgehead atoms. The Morgan fingerprint density at radius 3 is 2.50 bits per heavy atom. The number of rotatable bonds is 3. The molecule has 0 radical (unpaired) electrons. The maximum Gasteiger partial charge on any atom is 0.321 e. The molecule has 0 atom stereocenters. The summed E-state index contributed by atoms with van der Waals surface area (Å²) < 4.78 is 16.2. The Morgan fingerprint density at radius 1 is 1.00 bits per heavy atom. The normalized spacial score (nSPS) is 17.6. The second kappa shape index (κ2) is 5.05. The number of hydrogen-bond acceptors (Lipinski definition) is 4. The lowest BCUT2D eigenvalue weighted by Gasteiger charge is -2.39. The van der Waals surface area contributed by atoms with Gasteiger partial charge in [0.15, 0.2) is 11.5 Å². The molecule has 0 spiro atoms. The summed E-state index contributed by atoms with van der Waals surface area (Å²) in [5.41, 5.74) is 0.532. The van der Waals surface area contributed by atoms with Gasteiger partial charge in [0, 0.05) is 6.07 Å². The van der Waals surface area contributed by atoms with E-state index in [1.165, 1.54) is 0 Å². The van der Waals surface area contributed by atoms with Crippen molar-refractivity contribution < 1.29 is 19.0 Å². The zero-order valence-electron chi connectivity index (χ0n) is 12.1. The van der Waals surface area contributed by atoms with E-state index in [-0.39, 0.29) is 12.8 Å². The zero-order chi connectivity index (χ0) is 15.0. The molecule has 0 amide bonds. The molecular weight excluding hydrogens is 280 g/mol. The van der Waals surface area contributed by atoms with E-state index in [0.717, 1.165) is 24.8 Å². The first kappa shape index (κ1) is 13.2. The number of hydrogen-bond donors (Lipinski definition) is 0. The van der Waals surface area contributed by atoms with Crippen LogP contribution in [0.3, 0.4) is 0 Å². The summed E-state index contributed by atoms with van der Waals surface area (Å²) in [6, 6.07) is 15.1. The lowest BCUT2D eigenvalue weighted by Crippen LogP contribution is -2.45. The van der Waals surface area contributed by atoms with Crippen molar-refractivity contribution in [2.24, 2.45) is 0 Å². The van der Waals surface area contributed by atoms with E-state index in [4.69, 9.17) is 14.2 Å². The fraction of sp³-hybridized carbons (Fsp3) is 0.278. The lowest BCUT2D eigenvalue weighted by atomic mass is 9.64. The first-order chi connectivity index (χ1) is 10.8. The van der Waals surface area contributed by atoms with E-state index in [1.807, 2.05) is 30.3 Å². The van der Waals surface area contributed by atoms with Crippen LogP contribution in [0.4, 0.5) is 0 Å². The Hall–Kier alpha value is -2.49. The van der Waals surface area contributed by atoms with Gasteiger partial charge in [0.05, 0.1) is 5.41 Å². The molecule has 0 saturated heterocycles. The average molecular weight is 296 g/mol. The van der Waals surface area contributed by atoms with Crippen LogP contribution in [-0.2, 0) is 10.2 Å². The zero-order valence-corrected chi connectivity index (χ0v) is 12.1. The molecule has 1 heterocycles. The maximum atomic E-state index is 12.7. The summed E-state index contributed by atoms with van der Waals surface area (Å²) >= 11 is 0. The smallest absolute Gasteiger partial charge is 0.321 e. The summed E-state index contributed by atoms with van der Waals surface area (Å²) in [7, 11) is 0. The molecule has 2 aromatic rings. The van der Waals surface area contributed by atoms with E-state index < -0.39 is 5.41 Å². The quantitative estimate of drug-likeness (QED) is 0.643. The minimum atomic E-state index is -0.502. The molecule has 112 valence electrons. The van der Waals surface area contributed by atoms with Crippen molar-refractivity contribution in [2.75, 3.05) is 6.79 Å². The number of carbonyl (C=O) groups excluding carboxylic acids is 1. The fourth-order valence-electron chi connectivity index (χ4n) is 3.04. The van der Waals surface area contributed by atoms with Gasteiger partial charge in [-0.3, -0.25) is 4.79 Å². The standard InChI is InChI=1S/C18H16O4/c19-17(18(9-4-10-18)13-5-2-1-3-6-13)22-14-7-8-15-16(11-14)21-12-20-15/h1-3,5-8,11H,4,9-10,12H2. The maximum absolute atomic E-state index is 12.7. The van der Waals surface area contributed by atoms with E-state index in [2.05, 4.69) is 0 Å². The Bertz CT molecular complexity index is 704. The third-order valence-electron chi connectivity index (χ3n) is 4.48. The van der Waals surface area contributed by atoms with Gasteiger partial charge in [0.25, 0.3) is 0 Å². The molecule has 1 aliphatic heterocycles. The summed E-state index contributed by atoms with van der Waals surface area (Å²) in [6.07, 6.45) is 2.71. The summed E-state index contributed by atoms with van der Waals surface area (Å²) in [5, 5.41) is 0. The van der Waals surface area contributed by atoms with Gasteiger partial charge in [0.1, 0.15) is 5.75 Å². The van der Waals surface area contributed by atoms with Crippen molar-refractivity contribution in [1.82, 2.24) is 0 Å². The van der Waals surface area contributed by atoms with Crippen molar-refractivity contribution in [3.8, 4) is 17.2 Å². The minimum absolute atomic E-state index is 0.191. The average Bonchev–Trinajstić information content (AvgIpc) is 2.95. The third-order valence-corrected chi connectivity index (χ3v) is 4.48. The molecule has 0 aromatic heterocycles. The molecule has 4 rings (SSSR count). The molecule has 4 nitrogen and oxygen atoms in total. The molecule has 1 aliphatic carbocycles. The molecule has 1 fully saturated rings. The van der Waals surface area contributed by atoms with Crippen LogP contribution in [0.2, 0.25) is 0 Å². The predicted molar refractivity (Wildman–Crippen MR) is 80.2 cm³/mol. The highest BCUT2D eigenvalue weighted by Gasteiger charge is 2.47. The van der Waals surface area contributed by atoms with Gasteiger partial charge in [-0.05, 0) is 30.5 Å². The van der Waals surface area contributed by atoms with Gasteiger partial charge in [-0.1, -0.05) is 36.8 Å². The molecular formula is C18H16O4. The highest BCUT2D eigenvalue weighted by atomic mass is 16.7. The molecule has 2 aliphatic rings. The molecule has 22 heavy (non-hydrogen) atoms.